The van der Waals surface area contributed by atoms with E-state index in [1.54, 1.807) is 11.8 Å². The van der Waals surface area contributed by atoms with Gasteiger partial charge in [0.15, 0.2) is 5.17 Å². The van der Waals surface area contributed by atoms with Crippen LogP contribution in [0.2, 0.25) is 0 Å². The lowest BCUT2D eigenvalue weighted by Crippen LogP contribution is -2.38. The summed E-state index contributed by atoms with van der Waals surface area (Å²) in [5, 5.41) is 3.84. The molecule has 0 spiro atoms. The Balaban J connectivity index is 2.02. The van der Waals surface area contributed by atoms with Crippen molar-refractivity contribution in [1.82, 2.24) is 5.32 Å². The molecular weight excluding hydrogens is 256 g/mol. The van der Waals surface area contributed by atoms with Crippen molar-refractivity contribution in [2.45, 2.75) is 76.5 Å². The molecule has 3 nitrogen and oxygen atoms in total. The van der Waals surface area contributed by atoms with E-state index in [0.717, 1.165) is 5.17 Å². The first-order chi connectivity index (χ1) is 9.02. The zero-order chi connectivity index (χ0) is 13.9. The lowest BCUT2D eigenvalue weighted by molar-refractivity contribution is -0.122. The Morgan fingerprint density at radius 1 is 1.21 bits per heavy atom. The molecule has 2 rings (SSSR count). The monoisotopic (exact) mass is 282 g/mol. The number of hydrogen-bond acceptors (Lipinski definition) is 3. The maximum absolute atomic E-state index is 12.1. The second-order valence-electron chi connectivity index (χ2n) is 6.25. The molecule has 1 amide bonds. The van der Waals surface area contributed by atoms with Gasteiger partial charge in [0.05, 0.1) is 6.04 Å². The molecule has 1 saturated carbocycles. The summed E-state index contributed by atoms with van der Waals surface area (Å²) in [7, 11) is 0. The summed E-state index contributed by atoms with van der Waals surface area (Å²) >= 11 is 1.62. The highest BCUT2D eigenvalue weighted by Crippen LogP contribution is 2.38. The molecule has 2 aliphatic rings. The van der Waals surface area contributed by atoms with E-state index in [0.29, 0.717) is 12.0 Å². The van der Waals surface area contributed by atoms with Crippen molar-refractivity contribution in [1.29, 1.82) is 0 Å². The Labute approximate surface area is 121 Å². The van der Waals surface area contributed by atoms with Crippen molar-refractivity contribution in [2.75, 3.05) is 0 Å². The summed E-state index contributed by atoms with van der Waals surface area (Å²) in [6, 6.07) is 0.414. The summed E-state index contributed by atoms with van der Waals surface area (Å²) in [6.07, 6.45) is 8.97. The van der Waals surface area contributed by atoms with Gasteiger partial charge in [0.25, 0.3) is 0 Å². The molecule has 1 aliphatic carbocycles. The molecule has 0 radical (unpaired) electrons. The third kappa shape index (κ3) is 3.53. The average Bonchev–Trinajstić information content (AvgIpc) is 2.59. The van der Waals surface area contributed by atoms with Crippen LogP contribution in [-0.2, 0) is 4.79 Å². The minimum atomic E-state index is -0.347. The van der Waals surface area contributed by atoms with Crippen LogP contribution in [-0.4, -0.2) is 21.9 Å². The molecule has 0 aromatic rings. The third-order valence-electron chi connectivity index (χ3n) is 4.46. The number of nitrogens with one attached hydrogen (secondary N) is 1. The van der Waals surface area contributed by atoms with Crippen LogP contribution in [0.4, 0.5) is 0 Å². The minimum absolute atomic E-state index is 0.122. The molecule has 108 valence electrons. The summed E-state index contributed by atoms with van der Waals surface area (Å²) < 4.78 is -0.347. The van der Waals surface area contributed by atoms with Crippen molar-refractivity contribution in [3.05, 3.63) is 0 Å². The van der Waals surface area contributed by atoms with Crippen LogP contribution in [0.1, 0.15) is 65.7 Å². The highest BCUT2D eigenvalue weighted by Gasteiger charge is 2.45. The molecule has 2 fully saturated rings. The van der Waals surface area contributed by atoms with E-state index in [1.165, 1.54) is 44.9 Å². The van der Waals surface area contributed by atoms with Crippen molar-refractivity contribution < 1.29 is 4.79 Å². The first-order valence-corrected chi connectivity index (χ1v) is 8.42. The van der Waals surface area contributed by atoms with Gasteiger partial charge < -0.3 is 5.32 Å². The fourth-order valence-electron chi connectivity index (χ4n) is 2.66. The highest BCUT2D eigenvalue weighted by molar-refractivity contribution is 8.16. The minimum Gasteiger partial charge on any atom is -0.304 e. The Morgan fingerprint density at radius 2 is 1.79 bits per heavy atom. The Morgan fingerprint density at radius 3 is 2.32 bits per heavy atom. The molecule has 1 heterocycles. The lowest BCUT2D eigenvalue weighted by atomic mass is 9.96. The quantitative estimate of drug-likeness (QED) is 0.838. The molecule has 0 aromatic heterocycles. The molecule has 4 heteroatoms. The van der Waals surface area contributed by atoms with E-state index in [-0.39, 0.29) is 10.7 Å². The molecule has 1 unspecified atom stereocenters. The van der Waals surface area contributed by atoms with Crippen molar-refractivity contribution >= 4 is 22.8 Å². The molecule has 0 bridgehead atoms. The highest BCUT2D eigenvalue weighted by atomic mass is 32.2. The van der Waals surface area contributed by atoms with E-state index < -0.39 is 0 Å². The van der Waals surface area contributed by atoms with Crippen LogP contribution in [0.15, 0.2) is 4.99 Å². The topological polar surface area (TPSA) is 41.5 Å². The molecule has 1 saturated heterocycles. The predicted molar refractivity (Wildman–Crippen MR) is 82.5 cm³/mol. The fourth-order valence-corrected chi connectivity index (χ4v) is 3.79. The largest absolute Gasteiger partial charge is 0.304 e. The number of carbonyl (C=O) groups excluding carboxylic acids is 1. The second-order valence-corrected chi connectivity index (χ2v) is 7.69. The van der Waals surface area contributed by atoms with E-state index >= 15 is 0 Å². The third-order valence-corrected chi connectivity index (χ3v) is 5.94. The van der Waals surface area contributed by atoms with Gasteiger partial charge in [-0.25, -0.2) is 0 Å². The van der Waals surface area contributed by atoms with Gasteiger partial charge in [-0.05, 0) is 25.7 Å². The molecular formula is C15H26N2OS. The number of carbonyl (C=O) groups is 1. The van der Waals surface area contributed by atoms with Crippen molar-refractivity contribution in [3.8, 4) is 0 Å². The van der Waals surface area contributed by atoms with Crippen LogP contribution in [0.25, 0.3) is 0 Å². The normalized spacial score (nSPS) is 32.4. The van der Waals surface area contributed by atoms with E-state index in [2.05, 4.69) is 19.2 Å². The average molecular weight is 282 g/mol. The molecule has 1 aliphatic heterocycles. The lowest BCUT2D eigenvalue weighted by Gasteiger charge is -2.23. The van der Waals surface area contributed by atoms with Crippen LogP contribution >= 0.6 is 11.8 Å². The Bertz CT molecular complexity index is 359. The SMILES string of the molecule is CC(C)C1(C)SC(=NC2CCCCCCC2)NC1=O. The predicted octanol–water partition coefficient (Wildman–Crippen LogP) is 3.73. The fraction of sp³-hybridized carbons (Fsp3) is 0.867. The summed E-state index contributed by atoms with van der Waals surface area (Å²) in [6.45, 7) is 6.23. The van der Waals surface area contributed by atoms with Gasteiger partial charge in [-0.15, -0.1) is 0 Å². The Hall–Kier alpha value is -0.510. The van der Waals surface area contributed by atoms with Crippen LogP contribution in [0.5, 0.6) is 0 Å². The molecule has 19 heavy (non-hydrogen) atoms. The van der Waals surface area contributed by atoms with E-state index in [1.807, 2.05) is 6.92 Å². The number of amides is 1. The first-order valence-electron chi connectivity index (χ1n) is 7.60. The summed E-state index contributed by atoms with van der Waals surface area (Å²) in [4.78, 5) is 16.9. The number of hydrogen-bond donors (Lipinski definition) is 1. The van der Waals surface area contributed by atoms with Gasteiger partial charge in [-0.2, -0.15) is 0 Å². The zero-order valence-electron chi connectivity index (χ0n) is 12.4. The van der Waals surface area contributed by atoms with Gasteiger partial charge in [0, 0.05) is 0 Å². The first kappa shape index (κ1) is 14.9. The van der Waals surface area contributed by atoms with Gasteiger partial charge in [-0.1, -0.05) is 57.7 Å². The van der Waals surface area contributed by atoms with Crippen LogP contribution in [0.3, 0.4) is 0 Å². The second kappa shape index (κ2) is 6.29. The van der Waals surface area contributed by atoms with Gasteiger partial charge in [0.1, 0.15) is 4.75 Å². The van der Waals surface area contributed by atoms with Crippen LogP contribution in [0, 0.1) is 5.92 Å². The standard InChI is InChI=1S/C15H26N2OS/c1-11(2)15(3)13(18)17-14(19-15)16-12-9-7-5-4-6-8-10-12/h11-12H,4-10H2,1-3H3,(H,16,17,18). The van der Waals surface area contributed by atoms with Gasteiger partial charge in [0.2, 0.25) is 5.91 Å². The summed E-state index contributed by atoms with van der Waals surface area (Å²) in [5.74, 6) is 0.444. The number of nitrogens with zero attached hydrogens (tertiary/aromatic N) is 1. The van der Waals surface area contributed by atoms with Crippen molar-refractivity contribution in [3.63, 3.8) is 0 Å². The van der Waals surface area contributed by atoms with E-state index in [9.17, 15) is 4.79 Å². The van der Waals surface area contributed by atoms with E-state index in [4.69, 9.17) is 4.99 Å². The number of rotatable bonds is 2. The molecule has 1 atom stereocenters. The smallest absolute Gasteiger partial charge is 0.242 e. The maximum atomic E-state index is 12.1. The maximum Gasteiger partial charge on any atom is 0.242 e. The molecule has 1 N–H and O–H groups in total. The van der Waals surface area contributed by atoms with Crippen LogP contribution < -0.4 is 5.32 Å². The van der Waals surface area contributed by atoms with Gasteiger partial charge in [-0.3, -0.25) is 9.79 Å². The Kier molecular flexibility index (Phi) is 4.93. The summed E-state index contributed by atoms with van der Waals surface area (Å²) in [5.41, 5.74) is 0. The molecule has 0 aromatic carbocycles. The number of thioether (sulfide) groups is 1. The van der Waals surface area contributed by atoms with Gasteiger partial charge >= 0.3 is 0 Å². The number of aliphatic imine (C=N–C) groups is 1. The zero-order valence-corrected chi connectivity index (χ0v) is 13.2. The number of amidine groups is 1. The van der Waals surface area contributed by atoms with Crippen molar-refractivity contribution in [2.24, 2.45) is 10.9 Å².